The van der Waals surface area contributed by atoms with E-state index in [-0.39, 0.29) is 0 Å². The van der Waals surface area contributed by atoms with Crippen LogP contribution in [0.15, 0.2) is 30.5 Å². The van der Waals surface area contributed by atoms with E-state index in [2.05, 4.69) is 54.2 Å². The third-order valence-corrected chi connectivity index (χ3v) is 3.85. The minimum Gasteiger partial charge on any atom is -0.383 e. The molecule has 1 N–H and O–H groups in total. The highest BCUT2D eigenvalue weighted by molar-refractivity contribution is 5.80. The summed E-state index contributed by atoms with van der Waals surface area (Å²) in [6.07, 6.45) is 3.43. The Morgan fingerprint density at radius 1 is 1.30 bits per heavy atom. The van der Waals surface area contributed by atoms with Gasteiger partial charge in [0, 0.05) is 38.5 Å². The molecule has 2 rings (SSSR count). The number of ether oxygens (including phenoxy) is 1. The maximum absolute atomic E-state index is 5.04. The molecule has 0 saturated heterocycles. The fraction of sp³-hybridized carbons (Fsp3) is 0.529. The van der Waals surface area contributed by atoms with Crippen molar-refractivity contribution in [3.05, 3.63) is 36.0 Å². The molecule has 0 saturated carbocycles. The molecular weight excluding hydrogens is 248 g/mol. The predicted octanol–water partition coefficient (Wildman–Crippen LogP) is 3.42. The van der Waals surface area contributed by atoms with E-state index < -0.39 is 0 Å². The van der Waals surface area contributed by atoms with E-state index in [9.17, 15) is 0 Å². The van der Waals surface area contributed by atoms with Gasteiger partial charge >= 0.3 is 0 Å². The molecule has 0 bridgehead atoms. The van der Waals surface area contributed by atoms with Crippen molar-refractivity contribution >= 4 is 10.9 Å². The van der Waals surface area contributed by atoms with Gasteiger partial charge in [-0.15, -0.1) is 0 Å². The summed E-state index contributed by atoms with van der Waals surface area (Å²) in [5.41, 5.74) is 2.67. The fourth-order valence-corrected chi connectivity index (χ4v) is 2.39. The number of rotatable bonds is 8. The minimum atomic E-state index is 0.723. The quantitative estimate of drug-likeness (QED) is 0.746. The van der Waals surface area contributed by atoms with Crippen molar-refractivity contribution in [2.24, 2.45) is 5.92 Å². The zero-order valence-electron chi connectivity index (χ0n) is 12.9. The molecule has 1 atom stereocenters. The lowest BCUT2D eigenvalue weighted by molar-refractivity contribution is 0.199. The summed E-state index contributed by atoms with van der Waals surface area (Å²) in [7, 11) is 1.73. The van der Waals surface area contributed by atoms with Crippen molar-refractivity contribution in [2.45, 2.75) is 33.4 Å². The molecule has 0 aliphatic carbocycles. The lowest BCUT2D eigenvalue weighted by Gasteiger charge is -2.11. The van der Waals surface area contributed by atoms with Crippen molar-refractivity contribution in [3.8, 4) is 0 Å². The van der Waals surface area contributed by atoms with E-state index in [0.717, 1.165) is 32.2 Å². The summed E-state index contributed by atoms with van der Waals surface area (Å²) >= 11 is 0. The fourth-order valence-electron chi connectivity index (χ4n) is 2.39. The third kappa shape index (κ3) is 3.84. The number of benzene rings is 1. The average Bonchev–Trinajstić information content (AvgIpc) is 2.86. The average molecular weight is 274 g/mol. The highest BCUT2D eigenvalue weighted by Crippen LogP contribution is 2.19. The van der Waals surface area contributed by atoms with Crippen LogP contribution in [0.25, 0.3) is 10.9 Å². The van der Waals surface area contributed by atoms with Gasteiger partial charge in [-0.3, -0.25) is 0 Å². The molecule has 1 aromatic heterocycles. The second-order valence-electron chi connectivity index (χ2n) is 5.54. The number of nitrogens with zero attached hydrogens (tertiary/aromatic N) is 1. The molecule has 1 aromatic carbocycles. The first kappa shape index (κ1) is 15.1. The van der Waals surface area contributed by atoms with Gasteiger partial charge in [-0.25, -0.2) is 0 Å². The molecule has 0 aliphatic rings. The molecule has 0 fully saturated rings. The standard InChI is InChI=1S/C17H26N2O/c1-4-14(2)13-19-9-7-16-11-15(5-6-17(16)19)12-18-8-10-20-3/h5-7,9,11,14,18H,4,8,10,12-13H2,1-3H3. The minimum absolute atomic E-state index is 0.723. The Labute approximate surface area is 121 Å². The molecule has 0 aliphatic heterocycles. The van der Waals surface area contributed by atoms with Crippen LogP contribution in [-0.2, 0) is 17.8 Å². The van der Waals surface area contributed by atoms with Crippen LogP contribution >= 0.6 is 0 Å². The van der Waals surface area contributed by atoms with Crippen LogP contribution in [0.2, 0.25) is 0 Å². The molecule has 0 amide bonds. The Balaban J connectivity index is 2.04. The van der Waals surface area contributed by atoms with E-state index >= 15 is 0 Å². The van der Waals surface area contributed by atoms with Gasteiger partial charge < -0.3 is 14.6 Å². The van der Waals surface area contributed by atoms with E-state index in [1.54, 1.807) is 7.11 Å². The first-order valence-electron chi connectivity index (χ1n) is 7.52. The summed E-state index contributed by atoms with van der Waals surface area (Å²) in [4.78, 5) is 0. The first-order chi connectivity index (χ1) is 9.74. The molecule has 1 heterocycles. The van der Waals surface area contributed by atoms with Gasteiger partial charge in [-0.05, 0) is 35.1 Å². The molecule has 20 heavy (non-hydrogen) atoms. The van der Waals surface area contributed by atoms with Gasteiger partial charge in [0.25, 0.3) is 0 Å². The van der Waals surface area contributed by atoms with Crippen LogP contribution in [0.4, 0.5) is 0 Å². The van der Waals surface area contributed by atoms with E-state index in [4.69, 9.17) is 4.74 Å². The van der Waals surface area contributed by atoms with Gasteiger partial charge in [0.2, 0.25) is 0 Å². The predicted molar refractivity (Wildman–Crippen MR) is 85.0 cm³/mol. The maximum atomic E-state index is 5.04. The Bertz CT molecular complexity index is 533. The van der Waals surface area contributed by atoms with Crippen molar-refractivity contribution < 1.29 is 4.74 Å². The van der Waals surface area contributed by atoms with Gasteiger partial charge in [-0.1, -0.05) is 26.3 Å². The highest BCUT2D eigenvalue weighted by atomic mass is 16.5. The van der Waals surface area contributed by atoms with Crippen molar-refractivity contribution in [1.29, 1.82) is 0 Å². The van der Waals surface area contributed by atoms with Crippen LogP contribution in [-0.4, -0.2) is 24.8 Å². The second kappa shape index (κ2) is 7.46. The van der Waals surface area contributed by atoms with Gasteiger partial charge in [0.05, 0.1) is 6.61 Å². The number of hydrogen-bond acceptors (Lipinski definition) is 2. The Morgan fingerprint density at radius 3 is 2.90 bits per heavy atom. The largest absolute Gasteiger partial charge is 0.383 e. The van der Waals surface area contributed by atoms with Crippen LogP contribution in [0.3, 0.4) is 0 Å². The molecule has 3 heteroatoms. The second-order valence-corrected chi connectivity index (χ2v) is 5.54. The van der Waals surface area contributed by atoms with Gasteiger partial charge in [0.1, 0.15) is 0 Å². The summed E-state index contributed by atoms with van der Waals surface area (Å²) in [5.74, 6) is 0.723. The lowest BCUT2D eigenvalue weighted by atomic mass is 10.1. The van der Waals surface area contributed by atoms with E-state index in [0.29, 0.717) is 0 Å². The van der Waals surface area contributed by atoms with Crippen molar-refractivity contribution in [2.75, 3.05) is 20.3 Å². The topological polar surface area (TPSA) is 26.2 Å². The van der Waals surface area contributed by atoms with Crippen LogP contribution in [0.5, 0.6) is 0 Å². The van der Waals surface area contributed by atoms with Crippen molar-refractivity contribution in [1.82, 2.24) is 9.88 Å². The van der Waals surface area contributed by atoms with Crippen LogP contribution in [0.1, 0.15) is 25.8 Å². The van der Waals surface area contributed by atoms with Crippen LogP contribution in [0, 0.1) is 5.92 Å². The van der Waals surface area contributed by atoms with Gasteiger partial charge in [0.15, 0.2) is 0 Å². The number of methoxy groups -OCH3 is 1. The molecule has 2 aromatic rings. The molecule has 0 radical (unpaired) electrons. The highest BCUT2D eigenvalue weighted by Gasteiger charge is 2.05. The number of fused-ring (bicyclic) bond motifs is 1. The third-order valence-electron chi connectivity index (χ3n) is 3.85. The zero-order chi connectivity index (χ0) is 14.4. The normalized spacial score (nSPS) is 12.9. The number of nitrogens with one attached hydrogen (secondary N) is 1. The Hall–Kier alpha value is -1.32. The van der Waals surface area contributed by atoms with Crippen molar-refractivity contribution in [3.63, 3.8) is 0 Å². The van der Waals surface area contributed by atoms with Crippen LogP contribution < -0.4 is 5.32 Å². The Kier molecular flexibility index (Phi) is 5.62. The Morgan fingerprint density at radius 2 is 2.15 bits per heavy atom. The molecule has 1 unspecified atom stereocenters. The summed E-state index contributed by atoms with van der Waals surface area (Å²) in [6, 6.07) is 8.96. The number of aromatic nitrogens is 1. The van der Waals surface area contributed by atoms with E-state index in [1.165, 1.54) is 22.9 Å². The summed E-state index contributed by atoms with van der Waals surface area (Å²) in [5, 5.41) is 4.72. The van der Waals surface area contributed by atoms with Gasteiger partial charge in [-0.2, -0.15) is 0 Å². The monoisotopic (exact) mass is 274 g/mol. The van der Waals surface area contributed by atoms with E-state index in [1.807, 2.05) is 0 Å². The number of hydrogen-bond donors (Lipinski definition) is 1. The SMILES string of the molecule is CCC(C)Cn1ccc2cc(CNCCOC)ccc21. The first-order valence-corrected chi connectivity index (χ1v) is 7.52. The summed E-state index contributed by atoms with van der Waals surface area (Å²) in [6.45, 7) is 8.21. The molecule has 3 nitrogen and oxygen atoms in total. The maximum Gasteiger partial charge on any atom is 0.0587 e. The molecule has 110 valence electrons. The summed E-state index contributed by atoms with van der Waals surface area (Å²) < 4.78 is 7.40. The smallest absolute Gasteiger partial charge is 0.0587 e. The zero-order valence-corrected chi connectivity index (χ0v) is 12.9. The lowest BCUT2D eigenvalue weighted by Crippen LogP contribution is -2.18. The molecule has 0 spiro atoms. The molecular formula is C17H26N2O.